The number of hydrogen-bond acceptors (Lipinski definition) is 3. The number of nitrogens with zero attached hydrogens (tertiary/aromatic N) is 1. The number of amides is 1. The summed E-state index contributed by atoms with van der Waals surface area (Å²) in [6, 6.07) is 0. The van der Waals surface area contributed by atoms with Crippen molar-refractivity contribution in [2.45, 2.75) is 51.2 Å². The van der Waals surface area contributed by atoms with E-state index in [1.807, 2.05) is 20.8 Å². The standard InChI is InChI=1S/C13H21NO3/c1-5-13(16)7-6-9-14(10-8-13)11(15)17-12(2,3)4/h1,16H,6-10H2,2-4H3/t13-/m1/s1. The summed E-state index contributed by atoms with van der Waals surface area (Å²) in [5.41, 5.74) is -1.57. The second kappa shape index (κ2) is 4.97. The normalized spacial score (nSPS) is 25.9. The molecule has 1 aliphatic heterocycles. The summed E-state index contributed by atoms with van der Waals surface area (Å²) in [5, 5.41) is 9.98. The molecule has 0 bridgehead atoms. The number of aliphatic hydroxyl groups is 1. The van der Waals surface area contributed by atoms with Crippen LogP contribution in [0.1, 0.15) is 40.0 Å². The molecule has 1 N–H and O–H groups in total. The number of rotatable bonds is 0. The van der Waals surface area contributed by atoms with Gasteiger partial charge in [0.1, 0.15) is 11.2 Å². The van der Waals surface area contributed by atoms with Crippen molar-refractivity contribution in [3.8, 4) is 12.3 Å². The van der Waals surface area contributed by atoms with Gasteiger partial charge >= 0.3 is 6.09 Å². The summed E-state index contributed by atoms with van der Waals surface area (Å²) in [6.45, 7) is 6.52. The maximum absolute atomic E-state index is 11.8. The molecule has 0 saturated carbocycles. The Morgan fingerprint density at radius 2 is 2.06 bits per heavy atom. The summed E-state index contributed by atoms with van der Waals surface area (Å²) >= 11 is 0. The number of hydrogen-bond donors (Lipinski definition) is 1. The van der Waals surface area contributed by atoms with Gasteiger partial charge in [-0.3, -0.25) is 0 Å². The van der Waals surface area contributed by atoms with E-state index in [4.69, 9.17) is 11.2 Å². The first-order chi connectivity index (χ1) is 7.76. The Kier molecular flexibility index (Phi) is 4.05. The van der Waals surface area contributed by atoms with Crippen LogP contribution in [-0.2, 0) is 4.74 Å². The fourth-order valence-corrected chi connectivity index (χ4v) is 1.77. The molecule has 96 valence electrons. The van der Waals surface area contributed by atoms with Crippen molar-refractivity contribution < 1.29 is 14.6 Å². The molecule has 0 aromatic heterocycles. The van der Waals surface area contributed by atoms with Crippen LogP contribution in [0.15, 0.2) is 0 Å². The van der Waals surface area contributed by atoms with Crippen molar-refractivity contribution in [2.24, 2.45) is 0 Å². The van der Waals surface area contributed by atoms with Gasteiger partial charge in [0.25, 0.3) is 0 Å². The summed E-state index contributed by atoms with van der Waals surface area (Å²) in [4.78, 5) is 13.4. The molecule has 0 unspecified atom stereocenters. The Labute approximate surface area is 103 Å². The molecule has 1 atom stereocenters. The second-order valence-electron chi connectivity index (χ2n) is 5.50. The van der Waals surface area contributed by atoms with E-state index < -0.39 is 11.2 Å². The van der Waals surface area contributed by atoms with Crippen LogP contribution in [0, 0.1) is 12.3 Å². The zero-order valence-corrected chi connectivity index (χ0v) is 10.8. The van der Waals surface area contributed by atoms with Crippen molar-refractivity contribution >= 4 is 6.09 Å². The highest BCUT2D eigenvalue weighted by Gasteiger charge is 2.31. The van der Waals surface area contributed by atoms with Gasteiger partial charge in [-0.15, -0.1) is 6.42 Å². The molecular weight excluding hydrogens is 218 g/mol. The highest BCUT2D eigenvalue weighted by molar-refractivity contribution is 5.68. The number of carbonyl (C=O) groups is 1. The second-order valence-corrected chi connectivity index (χ2v) is 5.50. The Morgan fingerprint density at radius 1 is 1.41 bits per heavy atom. The molecule has 1 saturated heterocycles. The van der Waals surface area contributed by atoms with Crippen LogP contribution in [0.4, 0.5) is 4.79 Å². The third-order valence-electron chi connectivity index (χ3n) is 2.73. The average molecular weight is 239 g/mol. The molecule has 1 rings (SSSR count). The van der Waals surface area contributed by atoms with E-state index in [9.17, 15) is 9.90 Å². The predicted molar refractivity (Wildman–Crippen MR) is 65.4 cm³/mol. The highest BCUT2D eigenvalue weighted by atomic mass is 16.6. The molecule has 4 nitrogen and oxygen atoms in total. The Morgan fingerprint density at radius 3 is 2.59 bits per heavy atom. The molecule has 17 heavy (non-hydrogen) atoms. The first-order valence-electron chi connectivity index (χ1n) is 5.94. The van der Waals surface area contributed by atoms with E-state index in [-0.39, 0.29) is 6.09 Å². The van der Waals surface area contributed by atoms with Crippen LogP contribution >= 0.6 is 0 Å². The first-order valence-corrected chi connectivity index (χ1v) is 5.94. The van der Waals surface area contributed by atoms with Gasteiger partial charge in [0.05, 0.1) is 0 Å². The molecule has 1 heterocycles. The van der Waals surface area contributed by atoms with Crippen LogP contribution in [0.5, 0.6) is 0 Å². The van der Waals surface area contributed by atoms with E-state index in [2.05, 4.69) is 5.92 Å². The SMILES string of the molecule is C#C[C@@]1(O)CCCN(C(=O)OC(C)(C)C)CC1. The minimum Gasteiger partial charge on any atom is -0.444 e. The summed E-state index contributed by atoms with van der Waals surface area (Å²) in [6.07, 6.45) is 6.59. The van der Waals surface area contributed by atoms with Gasteiger partial charge in [0.15, 0.2) is 0 Å². The first kappa shape index (κ1) is 13.9. The van der Waals surface area contributed by atoms with Crippen LogP contribution < -0.4 is 0 Å². The minimum absolute atomic E-state index is 0.334. The zero-order valence-electron chi connectivity index (χ0n) is 10.8. The van der Waals surface area contributed by atoms with E-state index in [0.717, 1.165) is 0 Å². The molecule has 1 amide bonds. The molecule has 0 aromatic rings. The van der Waals surface area contributed by atoms with Crippen LogP contribution in [-0.4, -0.2) is 40.4 Å². The van der Waals surface area contributed by atoms with Crippen LogP contribution in [0.2, 0.25) is 0 Å². The molecule has 0 aliphatic carbocycles. The summed E-state index contributed by atoms with van der Waals surface area (Å²) < 4.78 is 5.29. The summed E-state index contributed by atoms with van der Waals surface area (Å²) in [5.74, 6) is 2.40. The molecule has 4 heteroatoms. The van der Waals surface area contributed by atoms with Crippen LogP contribution in [0.25, 0.3) is 0 Å². The lowest BCUT2D eigenvalue weighted by Gasteiger charge is -2.26. The molecule has 1 aliphatic rings. The Balaban J connectivity index is 2.58. The fraction of sp³-hybridized carbons (Fsp3) is 0.769. The van der Waals surface area contributed by atoms with Gasteiger partial charge in [-0.05, 0) is 33.6 Å². The average Bonchev–Trinajstić information content (AvgIpc) is 2.39. The maximum Gasteiger partial charge on any atom is 0.410 e. The van der Waals surface area contributed by atoms with Crippen LogP contribution in [0.3, 0.4) is 0 Å². The molecule has 0 aromatic carbocycles. The van der Waals surface area contributed by atoms with Crippen molar-refractivity contribution in [1.82, 2.24) is 4.90 Å². The number of likely N-dealkylation sites (tertiary alicyclic amines) is 1. The van der Waals surface area contributed by atoms with Gasteiger partial charge in [-0.2, -0.15) is 0 Å². The van der Waals surface area contributed by atoms with Gasteiger partial charge < -0.3 is 14.7 Å². The van der Waals surface area contributed by atoms with Gasteiger partial charge in [0, 0.05) is 19.5 Å². The van der Waals surface area contributed by atoms with Gasteiger partial charge in [-0.25, -0.2) is 4.79 Å². The smallest absolute Gasteiger partial charge is 0.410 e. The fourth-order valence-electron chi connectivity index (χ4n) is 1.77. The lowest BCUT2D eigenvalue weighted by molar-refractivity contribution is 0.0239. The lowest BCUT2D eigenvalue weighted by Crippen LogP contribution is -2.38. The quantitative estimate of drug-likeness (QED) is 0.655. The van der Waals surface area contributed by atoms with Crippen molar-refractivity contribution in [3.05, 3.63) is 0 Å². The van der Waals surface area contributed by atoms with Gasteiger partial charge in [-0.1, -0.05) is 5.92 Å². The minimum atomic E-state index is -1.07. The molecule has 0 radical (unpaired) electrons. The van der Waals surface area contributed by atoms with Gasteiger partial charge in [0.2, 0.25) is 0 Å². The third-order valence-corrected chi connectivity index (χ3v) is 2.73. The lowest BCUT2D eigenvalue weighted by atomic mass is 9.96. The van der Waals surface area contributed by atoms with E-state index >= 15 is 0 Å². The predicted octanol–water partition coefficient (Wildman–Crippen LogP) is 1.77. The Hall–Kier alpha value is -1.21. The molecule has 0 spiro atoms. The Bertz CT molecular complexity index is 327. The third kappa shape index (κ3) is 4.27. The van der Waals surface area contributed by atoms with E-state index in [1.165, 1.54) is 0 Å². The van der Waals surface area contributed by atoms with E-state index in [1.54, 1.807) is 4.90 Å². The van der Waals surface area contributed by atoms with Crippen molar-refractivity contribution in [3.63, 3.8) is 0 Å². The topological polar surface area (TPSA) is 49.8 Å². The molecule has 1 fully saturated rings. The largest absolute Gasteiger partial charge is 0.444 e. The number of ether oxygens (including phenoxy) is 1. The zero-order chi connectivity index (χ0) is 13.1. The molecular formula is C13H21NO3. The summed E-state index contributed by atoms with van der Waals surface area (Å²) in [7, 11) is 0. The maximum atomic E-state index is 11.8. The van der Waals surface area contributed by atoms with Crippen molar-refractivity contribution in [2.75, 3.05) is 13.1 Å². The number of terminal acetylenes is 1. The number of carbonyl (C=O) groups excluding carboxylic acids is 1. The monoisotopic (exact) mass is 239 g/mol. The van der Waals surface area contributed by atoms with Crippen molar-refractivity contribution in [1.29, 1.82) is 0 Å². The highest BCUT2D eigenvalue weighted by Crippen LogP contribution is 2.22. The van der Waals surface area contributed by atoms with E-state index in [0.29, 0.717) is 32.4 Å².